The van der Waals surface area contributed by atoms with E-state index < -0.39 is 46.8 Å². The number of esters is 1. The monoisotopic (exact) mass is 534 g/mol. The van der Waals surface area contributed by atoms with E-state index >= 15 is 0 Å². The number of hydrogen-bond donors (Lipinski definition) is 4. The maximum Gasteiger partial charge on any atom is 0.337 e. The van der Waals surface area contributed by atoms with E-state index in [1.807, 2.05) is 30.3 Å². The molecule has 3 amide bonds. The Bertz CT molecular complexity index is 1270. The van der Waals surface area contributed by atoms with E-state index in [0.29, 0.717) is 25.8 Å². The van der Waals surface area contributed by atoms with Crippen LogP contribution in [0.1, 0.15) is 67.6 Å². The summed E-state index contributed by atoms with van der Waals surface area (Å²) in [5.41, 5.74) is 3.98. The molecule has 0 saturated carbocycles. The third-order valence-corrected chi connectivity index (χ3v) is 6.97. The minimum atomic E-state index is -1.71. The van der Waals surface area contributed by atoms with Crippen LogP contribution >= 0.6 is 0 Å². The van der Waals surface area contributed by atoms with E-state index in [1.165, 1.54) is 23.2 Å². The van der Waals surface area contributed by atoms with Crippen molar-refractivity contribution in [3.63, 3.8) is 0 Å². The third kappa shape index (κ3) is 5.68. The van der Waals surface area contributed by atoms with Crippen LogP contribution in [0.4, 0.5) is 0 Å². The van der Waals surface area contributed by atoms with Crippen molar-refractivity contribution in [1.29, 1.82) is 5.41 Å². The molecule has 11 heteroatoms. The molecular weight excluding hydrogens is 500 g/mol. The number of imide groups is 1. The first kappa shape index (κ1) is 27.9. The van der Waals surface area contributed by atoms with Gasteiger partial charge in [0.15, 0.2) is 0 Å². The number of nitrogens with zero attached hydrogens (tertiary/aromatic N) is 2. The zero-order valence-electron chi connectivity index (χ0n) is 22.3. The number of amides is 3. The van der Waals surface area contributed by atoms with Gasteiger partial charge >= 0.3 is 5.97 Å². The highest BCUT2D eigenvalue weighted by molar-refractivity contribution is 6.12. The van der Waals surface area contributed by atoms with Crippen LogP contribution in [-0.2, 0) is 19.1 Å². The zero-order chi connectivity index (χ0) is 28.4. The number of hydrogen-bond acceptors (Lipinski definition) is 8. The lowest BCUT2D eigenvalue weighted by atomic mass is 9.79. The Labute approximate surface area is 227 Å². The number of pyridine rings is 1. The molecule has 1 aromatic carbocycles. The fraction of sp³-hybridized carbons (Fsp3) is 0.429. The van der Waals surface area contributed by atoms with Crippen molar-refractivity contribution < 1.29 is 23.9 Å². The van der Waals surface area contributed by atoms with Crippen LogP contribution in [0.5, 0.6) is 0 Å². The minimum Gasteiger partial charge on any atom is -0.458 e. The van der Waals surface area contributed by atoms with Gasteiger partial charge in [0.2, 0.25) is 11.4 Å². The van der Waals surface area contributed by atoms with Gasteiger partial charge in [0.25, 0.3) is 11.8 Å². The quantitative estimate of drug-likeness (QED) is 0.142. The molecule has 3 atom stereocenters. The van der Waals surface area contributed by atoms with Crippen LogP contribution in [0, 0.1) is 5.41 Å². The lowest BCUT2D eigenvalue weighted by Gasteiger charge is -2.38. The van der Waals surface area contributed by atoms with Crippen LogP contribution in [0.15, 0.2) is 48.7 Å². The predicted molar refractivity (Wildman–Crippen MR) is 143 cm³/mol. The Morgan fingerprint density at radius 2 is 1.85 bits per heavy atom. The van der Waals surface area contributed by atoms with Crippen molar-refractivity contribution in [1.82, 2.24) is 20.5 Å². The molecule has 206 valence electrons. The van der Waals surface area contributed by atoms with E-state index in [1.54, 1.807) is 20.8 Å². The normalized spacial score (nSPS) is 22.8. The van der Waals surface area contributed by atoms with Gasteiger partial charge in [0, 0.05) is 18.7 Å². The number of amidine groups is 1. The number of rotatable bonds is 6. The average Bonchev–Trinajstić information content (AvgIpc) is 3.56. The summed E-state index contributed by atoms with van der Waals surface area (Å²) in [4.78, 5) is 59.4. The van der Waals surface area contributed by atoms with Gasteiger partial charge in [-0.05, 0) is 64.3 Å². The van der Waals surface area contributed by atoms with E-state index in [-0.39, 0.29) is 23.6 Å². The molecule has 1 aromatic heterocycles. The molecule has 0 bridgehead atoms. The van der Waals surface area contributed by atoms with Crippen molar-refractivity contribution in [2.24, 2.45) is 5.73 Å². The molecule has 2 aromatic rings. The Balaban J connectivity index is 1.60. The number of nitrogens with one attached hydrogen (secondary N) is 3. The van der Waals surface area contributed by atoms with Crippen LogP contribution in [0.25, 0.3) is 0 Å². The molecular formula is C28H34N6O5. The molecule has 2 aliphatic heterocycles. The summed E-state index contributed by atoms with van der Waals surface area (Å²) in [6.45, 7) is 5.89. The number of carbonyl (C=O) groups is 4. The number of nitrogens with two attached hydrogens (primary N) is 1. The lowest BCUT2D eigenvalue weighted by molar-refractivity contribution is -0.170. The Kier molecular flexibility index (Phi) is 7.82. The van der Waals surface area contributed by atoms with E-state index in [4.69, 9.17) is 15.9 Å². The fourth-order valence-electron chi connectivity index (χ4n) is 5.20. The molecule has 39 heavy (non-hydrogen) atoms. The number of likely N-dealkylation sites (tertiary alicyclic amines) is 1. The second-order valence-electron chi connectivity index (χ2n) is 10.8. The SMILES string of the molecule is CC(C)(C)OC(=O)[C@]1(C(=O)N2CCC[C@H]2C(=O)NC(=O)c2ccc(C(=N)N)nc2)NCCC1c1ccccc1. The molecule has 0 aliphatic carbocycles. The highest BCUT2D eigenvalue weighted by Crippen LogP contribution is 2.40. The summed E-state index contributed by atoms with van der Waals surface area (Å²) in [6.07, 6.45) is 2.63. The fourth-order valence-corrected chi connectivity index (χ4v) is 5.20. The smallest absolute Gasteiger partial charge is 0.337 e. The number of ether oxygens (including phenoxy) is 1. The first-order chi connectivity index (χ1) is 18.4. The predicted octanol–water partition coefficient (Wildman–Crippen LogP) is 1.47. The van der Waals surface area contributed by atoms with Gasteiger partial charge in [0.05, 0.1) is 5.56 Å². The maximum absolute atomic E-state index is 14.3. The molecule has 4 rings (SSSR count). The highest BCUT2D eigenvalue weighted by atomic mass is 16.6. The van der Waals surface area contributed by atoms with E-state index in [9.17, 15) is 19.2 Å². The van der Waals surface area contributed by atoms with Gasteiger partial charge in [-0.1, -0.05) is 30.3 Å². The number of carbonyl (C=O) groups excluding carboxylic acids is 4. The van der Waals surface area contributed by atoms with E-state index in [2.05, 4.69) is 15.6 Å². The number of benzene rings is 1. The molecule has 0 radical (unpaired) electrons. The van der Waals surface area contributed by atoms with Gasteiger partial charge in [-0.3, -0.25) is 35.4 Å². The van der Waals surface area contributed by atoms with Gasteiger partial charge < -0.3 is 15.4 Å². The third-order valence-electron chi connectivity index (χ3n) is 6.97. The summed E-state index contributed by atoms with van der Waals surface area (Å²) in [5.74, 6) is -3.31. The lowest BCUT2D eigenvalue weighted by Crippen LogP contribution is -2.65. The first-order valence-corrected chi connectivity index (χ1v) is 12.9. The standard InChI is InChI=1S/C28H34N6O5/c1-27(2,3)39-26(38)28(19(13-14-32-28)17-8-5-4-6-9-17)25(37)34-15-7-10-21(34)24(36)33-23(35)18-11-12-20(22(29)30)31-16-18/h4-6,8-9,11-12,16,19,21,32H,7,10,13-15H2,1-3H3,(H3,29,30)(H,33,35,36)/t19?,21-,28-/m0/s1. The van der Waals surface area contributed by atoms with E-state index in [0.717, 1.165) is 5.56 Å². The molecule has 2 aliphatic rings. The summed E-state index contributed by atoms with van der Waals surface area (Å²) in [7, 11) is 0. The van der Waals surface area contributed by atoms with Crippen LogP contribution < -0.4 is 16.4 Å². The van der Waals surface area contributed by atoms with Gasteiger partial charge in [0.1, 0.15) is 23.2 Å². The summed E-state index contributed by atoms with van der Waals surface area (Å²) < 4.78 is 5.77. The second kappa shape index (κ2) is 10.9. The second-order valence-corrected chi connectivity index (χ2v) is 10.8. The van der Waals surface area contributed by atoms with Crippen molar-refractivity contribution in [3.05, 3.63) is 65.5 Å². The first-order valence-electron chi connectivity index (χ1n) is 12.9. The van der Waals surface area contributed by atoms with Crippen LogP contribution in [0.2, 0.25) is 0 Å². The highest BCUT2D eigenvalue weighted by Gasteiger charge is 2.60. The summed E-state index contributed by atoms with van der Waals surface area (Å²) in [5, 5.41) is 12.9. The largest absolute Gasteiger partial charge is 0.458 e. The molecule has 5 N–H and O–H groups in total. The number of aromatic nitrogens is 1. The van der Waals surface area contributed by atoms with Crippen molar-refractivity contribution >= 4 is 29.5 Å². The molecule has 1 unspecified atom stereocenters. The van der Waals surface area contributed by atoms with Crippen LogP contribution in [0.3, 0.4) is 0 Å². The summed E-state index contributed by atoms with van der Waals surface area (Å²) >= 11 is 0. The molecule has 3 heterocycles. The molecule has 2 saturated heterocycles. The summed E-state index contributed by atoms with van der Waals surface area (Å²) in [6, 6.07) is 11.2. The Morgan fingerprint density at radius 1 is 1.13 bits per heavy atom. The topological polar surface area (TPSA) is 168 Å². The van der Waals surface area contributed by atoms with Crippen molar-refractivity contribution in [2.45, 2.75) is 63.1 Å². The van der Waals surface area contributed by atoms with Gasteiger partial charge in [-0.2, -0.15) is 0 Å². The number of nitrogen functional groups attached to an aromatic ring is 1. The zero-order valence-corrected chi connectivity index (χ0v) is 22.3. The minimum absolute atomic E-state index is 0.107. The van der Waals surface area contributed by atoms with Gasteiger partial charge in [-0.25, -0.2) is 4.79 Å². The van der Waals surface area contributed by atoms with Crippen molar-refractivity contribution in [2.75, 3.05) is 13.1 Å². The Morgan fingerprint density at radius 3 is 2.46 bits per heavy atom. The Hall–Kier alpha value is -4.12. The molecule has 11 nitrogen and oxygen atoms in total. The van der Waals surface area contributed by atoms with Crippen molar-refractivity contribution in [3.8, 4) is 0 Å². The maximum atomic E-state index is 14.3. The van der Waals surface area contributed by atoms with Crippen LogP contribution in [-0.4, -0.2) is 69.7 Å². The molecule has 2 fully saturated rings. The average molecular weight is 535 g/mol. The molecule has 0 spiro atoms. The van der Waals surface area contributed by atoms with Gasteiger partial charge in [-0.15, -0.1) is 0 Å².